The van der Waals surface area contributed by atoms with Crippen molar-refractivity contribution >= 4 is 0 Å². The Bertz CT molecular complexity index is 842. The lowest BCUT2D eigenvalue weighted by atomic mass is 9.68. The lowest BCUT2D eigenvalue weighted by Gasteiger charge is -2.38. The molecule has 2 aromatic carbocycles. The highest BCUT2D eigenvalue weighted by atomic mass is 19.1. The van der Waals surface area contributed by atoms with Crippen molar-refractivity contribution in [1.29, 1.82) is 0 Å². The number of rotatable bonds is 13. The van der Waals surface area contributed by atoms with Crippen LogP contribution in [0.2, 0.25) is 0 Å². The molecule has 0 unspecified atom stereocenters. The smallest absolute Gasteiger partial charge is 0.119 e. The molecular formula is C34H49FO. The van der Waals surface area contributed by atoms with Crippen LogP contribution in [0.3, 0.4) is 0 Å². The molecule has 0 N–H and O–H groups in total. The first-order chi connectivity index (χ1) is 17.7. The van der Waals surface area contributed by atoms with Crippen molar-refractivity contribution in [3.8, 4) is 16.9 Å². The van der Waals surface area contributed by atoms with Crippen LogP contribution in [-0.2, 0) is 6.42 Å². The molecule has 0 bridgehead atoms. The van der Waals surface area contributed by atoms with Crippen molar-refractivity contribution in [2.24, 2.45) is 23.7 Å². The molecule has 198 valence electrons. The van der Waals surface area contributed by atoms with Crippen LogP contribution in [0.1, 0.15) is 102 Å². The van der Waals surface area contributed by atoms with Crippen LogP contribution >= 0.6 is 0 Å². The summed E-state index contributed by atoms with van der Waals surface area (Å²) in [6.07, 6.45) is 19.3. The standard InChI is InChI=1S/C34H49FO/c1-2-3-4-26-36-34-23-21-33(22-24-34)32-19-13-29(14-20-32)8-7-28-11-17-31(18-12-28)30-15-9-27(10-16-30)6-5-25-35/h13-14,19-24,27-28,30-31H,2-12,15-18,25-26H2,1H3. The van der Waals surface area contributed by atoms with Gasteiger partial charge in [0.05, 0.1) is 13.3 Å². The topological polar surface area (TPSA) is 9.23 Å². The van der Waals surface area contributed by atoms with Gasteiger partial charge in [0.1, 0.15) is 5.75 Å². The molecule has 0 heterocycles. The molecule has 0 aromatic heterocycles. The van der Waals surface area contributed by atoms with Crippen LogP contribution in [0.4, 0.5) is 4.39 Å². The van der Waals surface area contributed by atoms with Gasteiger partial charge in [0, 0.05) is 0 Å². The molecule has 0 amide bonds. The minimum Gasteiger partial charge on any atom is -0.494 e. The van der Waals surface area contributed by atoms with Crippen molar-refractivity contribution in [3.63, 3.8) is 0 Å². The molecule has 4 rings (SSSR count). The monoisotopic (exact) mass is 492 g/mol. The van der Waals surface area contributed by atoms with Gasteiger partial charge in [0.15, 0.2) is 0 Å². The van der Waals surface area contributed by atoms with Crippen LogP contribution in [0.5, 0.6) is 5.75 Å². The van der Waals surface area contributed by atoms with Gasteiger partial charge in [-0.05, 0) is 110 Å². The van der Waals surface area contributed by atoms with Crippen molar-refractivity contribution < 1.29 is 9.13 Å². The van der Waals surface area contributed by atoms with Gasteiger partial charge in [-0.3, -0.25) is 4.39 Å². The summed E-state index contributed by atoms with van der Waals surface area (Å²) in [6.45, 7) is 2.90. The molecule has 2 saturated carbocycles. The van der Waals surface area contributed by atoms with Gasteiger partial charge in [0.25, 0.3) is 0 Å². The second-order valence-corrected chi connectivity index (χ2v) is 11.7. The van der Waals surface area contributed by atoms with E-state index in [1.165, 1.54) is 93.7 Å². The maximum Gasteiger partial charge on any atom is 0.119 e. The molecule has 0 aliphatic heterocycles. The number of hydrogen-bond acceptors (Lipinski definition) is 1. The van der Waals surface area contributed by atoms with Crippen molar-refractivity contribution in [1.82, 2.24) is 0 Å². The van der Waals surface area contributed by atoms with Crippen molar-refractivity contribution in [3.05, 3.63) is 54.1 Å². The van der Waals surface area contributed by atoms with Crippen LogP contribution in [0, 0.1) is 23.7 Å². The molecule has 2 heteroatoms. The van der Waals surface area contributed by atoms with E-state index in [-0.39, 0.29) is 6.67 Å². The second kappa shape index (κ2) is 14.8. The minimum absolute atomic E-state index is 0.128. The van der Waals surface area contributed by atoms with Gasteiger partial charge in [0.2, 0.25) is 0 Å². The highest BCUT2D eigenvalue weighted by Gasteiger charge is 2.30. The molecule has 2 aromatic rings. The third-order valence-electron chi connectivity index (χ3n) is 9.19. The molecule has 2 aliphatic rings. The van der Waals surface area contributed by atoms with E-state index in [1.54, 1.807) is 0 Å². The van der Waals surface area contributed by atoms with Gasteiger partial charge in [-0.15, -0.1) is 0 Å². The highest BCUT2D eigenvalue weighted by molar-refractivity contribution is 5.64. The molecule has 36 heavy (non-hydrogen) atoms. The van der Waals surface area contributed by atoms with Crippen LogP contribution < -0.4 is 4.74 Å². The van der Waals surface area contributed by atoms with Gasteiger partial charge < -0.3 is 4.74 Å². The van der Waals surface area contributed by atoms with Gasteiger partial charge in [-0.2, -0.15) is 0 Å². The number of ether oxygens (including phenoxy) is 1. The molecule has 2 fully saturated rings. The summed E-state index contributed by atoms with van der Waals surface area (Å²) in [5.74, 6) is 4.63. The Hall–Kier alpha value is -1.83. The largest absolute Gasteiger partial charge is 0.494 e. The van der Waals surface area contributed by atoms with Gasteiger partial charge in [-0.25, -0.2) is 0 Å². The molecule has 2 aliphatic carbocycles. The Labute approximate surface area is 220 Å². The number of alkyl halides is 1. The fraction of sp³-hybridized carbons (Fsp3) is 0.647. The number of aryl methyl sites for hydroxylation is 1. The molecule has 1 nitrogen and oxygen atoms in total. The first kappa shape index (κ1) is 27.2. The summed E-state index contributed by atoms with van der Waals surface area (Å²) >= 11 is 0. The summed E-state index contributed by atoms with van der Waals surface area (Å²) in [5.41, 5.74) is 4.02. The third-order valence-corrected chi connectivity index (χ3v) is 9.19. The van der Waals surface area contributed by atoms with E-state index >= 15 is 0 Å². The third kappa shape index (κ3) is 8.35. The lowest BCUT2D eigenvalue weighted by molar-refractivity contribution is 0.140. The predicted octanol–water partition coefficient (Wildman–Crippen LogP) is 10.2. The zero-order valence-electron chi connectivity index (χ0n) is 22.7. The molecule has 0 radical (unpaired) electrons. The van der Waals surface area contributed by atoms with Gasteiger partial charge >= 0.3 is 0 Å². The van der Waals surface area contributed by atoms with E-state index in [9.17, 15) is 4.39 Å². The number of hydrogen-bond donors (Lipinski definition) is 0. The van der Waals surface area contributed by atoms with Gasteiger partial charge in [-0.1, -0.05) is 81.8 Å². The maximum atomic E-state index is 12.5. The average Bonchev–Trinajstić information content (AvgIpc) is 2.94. The zero-order valence-corrected chi connectivity index (χ0v) is 22.7. The second-order valence-electron chi connectivity index (χ2n) is 11.7. The number of benzene rings is 2. The number of halogens is 1. The van der Waals surface area contributed by atoms with E-state index < -0.39 is 0 Å². The van der Waals surface area contributed by atoms with E-state index in [0.29, 0.717) is 0 Å². The summed E-state index contributed by atoms with van der Waals surface area (Å²) in [5, 5.41) is 0. The first-order valence-corrected chi connectivity index (χ1v) is 15.1. The number of unbranched alkanes of at least 4 members (excludes halogenated alkanes) is 2. The fourth-order valence-corrected chi connectivity index (χ4v) is 6.78. The molecule has 0 atom stereocenters. The Balaban J connectivity index is 1.15. The SMILES string of the molecule is CCCCCOc1ccc(-c2ccc(CCC3CCC(C4CCC(CCCF)CC4)CC3)cc2)cc1. The summed E-state index contributed by atoms with van der Waals surface area (Å²) < 4.78 is 18.3. The van der Waals surface area contributed by atoms with E-state index in [4.69, 9.17) is 4.74 Å². The Morgan fingerprint density at radius 2 is 1.22 bits per heavy atom. The molecular weight excluding hydrogens is 443 g/mol. The van der Waals surface area contributed by atoms with E-state index in [2.05, 4.69) is 55.5 Å². The normalized spacial score (nSPS) is 24.5. The summed E-state index contributed by atoms with van der Waals surface area (Å²) in [6, 6.07) is 17.8. The maximum absolute atomic E-state index is 12.5. The van der Waals surface area contributed by atoms with E-state index in [1.807, 2.05) is 0 Å². The van der Waals surface area contributed by atoms with Crippen molar-refractivity contribution in [2.75, 3.05) is 13.3 Å². The molecule has 0 spiro atoms. The van der Waals surface area contributed by atoms with Crippen LogP contribution in [-0.4, -0.2) is 13.3 Å². The fourth-order valence-electron chi connectivity index (χ4n) is 6.78. The predicted molar refractivity (Wildman–Crippen MR) is 151 cm³/mol. The minimum atomic E-state index is -0.128. The van der Waals surface area contributed by atoms with Crippen LogP contribution in [0.15, 0.2) is 48.5 Å². The van der Waals surface area contributed by atoms with E-state index in [0.717, 1.165) is 55.3 Å². The summed E-state index contributed by atoms with van der Waals surface area (Å²) in [4.78, 5) is 0. The Morgan fingerprint density at radius 1 is 0.667 bits per heavy atom. The molecule has 0 saturated heterocycles. The highest BCUT2D eigenvalue weighted by Crippen LogP contribution is 2.43. The Morgan fingerprint density at radius 3 is 1.78 bits per heavy atom. The quantitative estimate of drug-likeness (QED) is 0.253. The Kier molecular flexibility index (Phi) is 11.2. The van der Waals surface area contributed by atoms with Crippen LogP contribution in [0.25, 0.3) is 11.1 Å². The zero-order chi connectivity index (χ0) is 25.0. The first-order valence-electron chi connectivity index (χ1n) is 15.1. The van der Waals surface area contributed by atoms with Crippen molar-refractivity contribution in [2.45, 2.75) is 103 Å². The average molecular weight is 493 g/mol. The summed E-state index contributed by atoms with van der Waals surface area (Å²) in [7, 11) is 0. The lowest BCUT2D eigenvalue weighted by Crippen LogP contribution is -2.26.